The summed E-state index contributed by atoms with van der Waals surface area (Å²) in [6.07, 6.45) is 0. The standard InChI is InChI=1S/C7H9N5O2S/c1-2-15(14)7-10-6-9-5(13)3-4(8)12(6)11-7/h3H,2,8H2,1H3,(H,9,10,11,13). The second-order valence-electron chi connectivity index (χ2n) is 2.82. The van der Waals surface area contributed by atoms with Gasteiger partial charge in [-0.2, -0.15) is 9.50 Å². The molecule has 2 aromatic heterocycles. The number of rotatable bonds is 2. The first-order chi connectivity index (χ1) is 7.11. The van der Waals surface area contributed by atoms with Crippen molar-refractivity contribution in [1.29, 1.82) is 0 Å². The van der Waals surface area contributed by atoms with Crippen LogP contribution >= 0.6 is 0 Å². The number of H-pyrrole nitrogens is 1. The first kappa shape index (κ1) is 9.84. The highest BCUT2D eigenvalue weighted by Crippen LogP contribution is 2.05. The Morgan fingerprint density at radius 1 is 1.67 bits per heavy atom. The van der Waals surface area contributed by atoms with E-state index in [1.54, 1.807) is 6.92 Å². The van der Waals surface area contributed by atoms with E-state index in [4.69, 9.17) is 5.73 Å². The van der Waals surface area contributed by atoms with E-state index in [1.165, 1.54) is 10.6 Å². The number of nitrogens with zero attached hydrogens (tertiary/aromatic N) is 3. The number of hydrogen-bond acceptors (Lipinski definition) is 5. The van der Waals surface area contributed by atoms with E-state index in [0.717, 1.165) is 0 Å². The van der Waals surface area contributed by atoms with Gasteiger partial charge in [-0.15, -0.1) is 5.10 Å². The predicted molar refractivity (Wildman–Crippen MR) is 55.0 cm³/mol. The molecule has 1 unspecified atom stereocenters. The van der Waals surface area contributed by atoms with Crippen molar-refractivity contribution >= 4 is 22.4 Å². The van der Waals surface area contributed by atoms with Gasteiger partial charge in [0, 0.05) is 11.8 Å². The quantitative estimate of drug-likeness (QED) is 0.693. The third-order valence-corrected chi connectivity index (χ3v) is 2.92. The van der Waals surface area contributed by atoms with Crippen molar-refractivity contribution in [2.24, 2.45) is 0 Å². The molecule has 0 spiro atoms. The fraction of sp³-hybridized carbons (Fsp3) is 0.286. The van der Waals surface area contributed by atoms with E-state index >= 15 is 0 Å². The second kappa shape index (κ2) is 3.46. The van der Waals surface area contributed by atoms with Crippen LogP contribution in [-0.4, -0.2) is 29.5 Å². The summed E-state index contributed by atoms with van der Waals surface area (Å²) in [4.78, 5) is 17.4. The molecule has 2 aromatic rings. The van der Waals surface area contributed by atoms with Crippen LogP contribution in [0.25, 0.3) is 5.78 Å². The van der Waals surface area contributed by atoms with Gasteiger partial charge in [0.25, 0.3) is 5.56 Å². The van der Waals surface area contributed by atoms with Gasteiger partial charge in [-0.1, -0.05) is 6.92 Å². The highest BCUT2D eigenvalue weighted by Gasteiger charge is 2.11. The molecule has 0 amide bonds. The van der Waals surface area contributed by atoms with Crippen LogP contribution in [0.1, 0.15) is 6.92 Å². The van der Waals surface area contributed by atoms with Gasteiger partial charge in [0.2, 0.25) is 10.9 Å². The lowest BCUT2D eigenvalue weighted by molar-refractivity contribution is 0.676. The summed E-state index contributed by atoms with van der Waals surface area (Å²) in [7, 11) is -1.26. The van der Waals surface area contributed by atoms with Crippen LogP contribution in [0.3, 0.4) is 0 Å². The van der Waals surface area contributed by atoms with E-state index in [1.807, 2.05) is 0 Å². The molecule has 2 rings (SSSR count). The predicted octanol–water partition coefficient (Wildman–Crippen LogP) is -0.873. The number of nitrogens with one attached hydrogen (secondary N) is 1. The molecule has 0 aliphatic carbocycles. The van der Waals surface area contributed by atoms with Crippen LogP contribution in [0.2, 0.25) is 0 Å². The van der Waals surface area contributed by atoms with Crippen molar-refractivity contribution in [2.45, 2.75) is 12.1 Å². The number of aromatic amines is 1. The van der Waals surface area contributed by atoms with Crippen molar-refractivity contribution in [1.82, 2.24) is 19.6 Å². The summed E-state index contributed by atoms with van der Waals surface area (Å²) in [5.74, 6) is 0.790. The average Bonchev–Trinajstić information content (AvgIpc) is 2.60. The summed E-state index contributed by atoms with van der Waals surface area (Å²) in [6.45, 7) is 1.76. The van der Waals surface area contributed by atoms with Crippen LogP contribution in [0.4, 0.5) is 5.82 Å². The van der Waals surface area contributed by atoms with Crippen molar-refractivity contribution in [3.63, 3.8) is 0 Å². The van der Waals surface area contributed by atoms with Crippen LogP contribution in [0.15, 0.2) is 16.0 Å². The Morgan fingerprint density at radius 3 is 3.07 bits per heavy atom. The zero-order valence-corrected chi connectivity index (χ0v) is 8.74. The third kappa shape index (κ3) is 1.63. The smallest absolute Gasteiger partial charge is 0.254 e. The summed E-state index contributed by atoms with van der Waals surface area (Å²) < 4.78 is 12.7. The van der Waals surface area contributed by atoms with Crippen molar-refractivity contribution in [3.8, 4) is 0 Å². The lowest BCUT2D eigenvalue weighted by atomic mass is 10.6. The molecule has 0 radical (unpaired) electrons. The minimum atomic E-state index is -1.26. The van der Waals surface area contributed by atoms with Gasteiger partial charge >= 0.3 is 0 Å². The molecule has 0 aliphatic rings. The Bertz CT molecular complexity index is 587. The molecular formula is C7H9N5O2S. The summed E-state index contributed by atoms with van der Waals surface area (Å²) >= 11 is 0. The Balaban J connectivity index is 2.70. The van der Waals surface area contributed by atoms with Crippen molar-refractivity contribution < 1.29 is 4.21 Å². The van der Waals surface area contributed by atoms with Gasteiger partial charge in [0.05, 0.1) is 10.8 Å². The maximum atomic E-state index is 11.4. The van der Waals surface area contributed by atoms with E-state index in [9.17, 15) is 9.00 Å². The highest BCUT2D eigenvalue weighted by atomic mass is 32.2. The lowest BCUT2D eigenvalue weighted by Gasteiger charge is -1.93. The maximum Gasteiger partial charge on any atom is 0.254 e. The molecular weight excluding hydrogens is 218 g/mol. The van der Waals surface area contributed by atoms with Gasteiger partial charge in [0.15, 0.2) is 0 Å². The van der Waals surface area contributed by atoms with E-state index in [0.29, 0.717) is 5.75 Å². The number of aromatic nitrogens is 4. The molecule has 80 valence electrons. The molecule has 3 N–H and O–H groups in total. The van der Waals surface area contributed by atoms with E-state index < -0.39 is 10.8 Å². The third-order valence-electron chi connectivity index (χ3n) is 1.81. The monoisotopic (exact) mass is 227 g/mol. The summed E-state index contributed by atoms with van der Waals surface area (Å²) in [6, 6.07) is 1.19. The average molecular weight is 227 g/mol. The molecule has 8 heteroatoms. The van der Waals surface area contributed by atoms with Crippen molar-refractivity contribution in [2.75, 3.05) is 11.5 Å². The van der Waals surface area contributed by atoms with E-state index in [2.05, 4.69) is 15.1 Å². The second-order valence-corrected chi connectivity index (χ2v) is 4.46. The van der Waals surface area contributed by atoms with Gasteiger partial charge in [0.1, 0.15) is 5.82 Å². The van der Waals surface area contributed by atoms with Crippen LogP contribution in [0.5, 0.6) is 0 Å². The number of nitrogens with two attached hydrogens (primary N) is 1. The molecule has 0 fully saturated rings. The molecule has 2 heterocycles. The van der Waals surface area contributed by atoms with Gasteiger partial charge in [-0.05, 0) is 0 Å². The number of anilines is 1. The fourth-order valence-corrected chi connectivity index (χ4v) is 1.74. The van der Waals surface area contributed by atoms with Gasteiger partial charge in [-0.3, -0.25) is 14.0 Å². The molecule has 1 atom stereocenters. The van der Waals surface area contributed by atoms with Crippen LogP contribution in [0, 0.1) is 0 Å². The zero-order chi connectivity index (χ0) is 11.0. The molecule has 0 saturated heterocycles. The zero-order valence-electron chi connectivity index (χ0n) is 7.93. The van der Waals surface area contributed by atoms with Gasteiger partial charge in [-0.25, -0.2) is 0 Å². The molecule has 0 aliphatic heterocycles. The Hall–Kier alpha value is -1.70. The molecule has 0 saturated carbocycles. The molecule has 0 bridgehead atoms. The highest BCUT2D eigenvalue weighted by molar-refractivity contribution is 7.84. The number of fused-ring (bicyclic) bond motifs is 1. The molecule has 7 nitrogen and oxygen atoms in total. The number of hydrogen-bond donors (Lipinski definition) is 2. The first-order valence-corrected chi connectivity index (χ1v) is 5.57. The molecule has 15 heavy (non-hydrogen) atoms. The maximum absolute atomic E-state index is 11.4. The van der Waals surface area contributed by atoms with Crippen LogP contribution < -0.4 is 11.3 Å². The largest absolute Gasteiger partial charge is 0.383 e. The topological polar surface area (TPSA) is 106 Å². The van der Waals surface area contributed by atoms with Crippen molar-refractivity contribution in [3.05, 3.63) is 16.4 Å². The summed E-state index contributed by atoms with van der Waals surface area (Å²) in [5.41, 5.74) is 5.19. The van der Waals surface area contributed by atoms with E-state index in [-0.39, 0.29) is 22.3 Å². The minimum Gasteiger partial charge on any atom is -0.383 e. The van der Waals surface area contributed by atoms with Gasteiger partial charge < -0.3 is 5.73 Å². The van der Waals surface area contributed by atoms with Crippen LogP contribution in [-0.2, 0) is 10.8 Å². The molecule has 0 aromatic carbocycles. The Kier molecular flexibility index (Phi) is 2.27. The Labute approximate surface area is 86.8 Å². The first-order valence-electron chi connectivity index (χ1n) is 4.25. The minimum absolute atomic E-state index is 0.167. The SMILES string of the molecule is CCS(=O)c1nc2[nH]c(=O)cc(N)n2n1. The summed E-state index contributed by atoms with van der Waals surface area (Å²) in [5, 5.41) is 4.11. The number of nitrogen functional groups attached to an aromatic ring is 1. The lowest BCUT2D eigenvalue weighted by Crippen LogP contribution is -2.11. The normalized spacial score (nSPS) is 13.1. The fourth-order valence-electron chi connectivity index (χ4n) is 1.12. The Morgan fingerprint density at radius 2 is 2.40 bits per heavy atom.